The van der Waals surface area contributed by atoms with Crippen molar-refractivity contribution in [3.05, 3.63) is 141 Å². The molecule has 0 atom stereocenters. The lowest BCUT2D eigenvalue weighted by atomic mass is 9.67. The van der Waals surface area contributed by atoms with Crippen molar-refractivity contribution >= 4 is 12.2 Å². The first-order valence-corrected chi connectivity index (χ1v) is 12.0. The molecule has 174 valence electrons. The number of aliphatic hydroxyl groups is 2. The van der Waals surface area contributed by atoms with E-state index in [4.69, 9.17) is 0 Å². The summed E-state index contributed by atoms with van der Waals surface area (Å²) in [6.45, 7) is 7.60. The maximum atomic E-state index is 9.86. The van der Waals surface area contributed by atoms with Crippen LogP contribution in [0.3, 0.4) is 0 Å². The van der Waals surface area contributed by atoms with Crippen LogP contribution in [0.5, 0.6) is 0 Å². The van der Waals surface area contributed by atoms with Crippen molar-refractivity contribution in [1.82, 2.24) is 0 Å². The van der Waals surface area contributed by atoms with E-state index in [1.165, 1.54) is 33.4 Å². The van der Waals surface area contributed by atoms with Crippen molar-refractivity contribution in [3.63, 3.8) is 0 Å². The number of fused-ring (bicyclic) bond motifs is 3. The lowest BCUT2D eigenvalue weighted by molar-refractivity contribution is 0.419. The Kier molecular flexibility index (Phi) is 5.61. The first kappa shape index (κ1) is 22.7. The van der Waals surface area contributed by atoms with Gasteiger partial charge in [-0.1, -0.05) is 84.9 Å². The molecule has 5 rings (SSSR count). The average Bonchev–Trinajstić information content (AvgIpc) is 3.13. The molecule has 0 fully saturated rings. The number of allylic oxidation sites excluding steroid dienone is 2. The Labute approximate surface area is 207 Å². The second-order valence-electron chi connectivity index (χ2n) is 9.56. The van der Waals surface area contributed by atoms with Crippen LogP contribution in [0.4, 0.5) is 0 Å². The standard InChI is InChI=1S/C33H30O2/c1-21-17-27(15-13-25(21)19-23(3)34)33(28-16-14-26(20-24(4)35)22(2)18-28)31-11-7-5-9-29(31)30-10-6-8-12-32(30)33/h5-20,34-35H,1-4H3/b23-19+,24-20+. The second kappa shape index (κ2) is 8.63. The Hall–Kier alpha value is -4.04. The highest BCUT2D eigenvalue weighted by molar-refractivity contribution is 5.86. The summed E-state index contributed by atoms with van der Waals surface area (Å²) in [6, 6.07) is 30.5. The molecule has 0 bridgehead atoms. The summed E-state index contributed by atoms with van der Waals surface area (Å²) in [5, 5.41) is 19.7. The SMILES string of the molecule is C/C(O)=C\c1ccc(C2(c3ccc(/C=C(\C)O)c(C)c3)c3ccccc3-c3ccccc32)cc1C. The number of benzene rings is 4. The summed E-state index contributed by atoms with van der Waals surface area (Å²) >= 11 is 0. The molecule has 0 radical (unpaired) electrons. The molecule has 0 saturated carbocycles. The highest BCUT2D eigenvalue weighted by atomic mass is 16.3. The number of aliphatic hydroxyl groups excluding tert-OH is 2. The maximum Gasteiger partial charge on any atom is 0.0897 e. The van der Waals surface area contributed by atoms with Crippen LogP contribution in [0, 0.1) is 13.8 Å². The van der Waals surface area contributed by atoms with E-state index in [9.17, 15) is 10.2 Å². The quantitative estimate of drug-likeness (QED) is 0.265. The minimum Gasteiger partial charge on any atom is -0.513 e. The van der Waals surface area contributed by atoms with Crippen LogP contribution in [0.15, 0.2) is 96.4 Å². The lowest BCUT2D eigenvalue weighted by Gasteiger charge is -2.34. The minimum absolute atomic E-state index is 0.297. The molecule has 4 aromatic rings. The van der Waals surface area contributed by atoms with Gasteiger partial charge in [-0.3, -0.25) is 0 Å². The largest absolute Gasteiger partial charge is 0.513 e. The number of rotatable bonds is 4. The second-order valence-corrected chi connectivity index (χ2v) is 9.56. The van der Waals surface area contributed by atoms with Crippen molar-refractivity contribution in [2.45, 2.75) is 33.1 Å². The Morgan fingerprint density at radius 3 is 1.37 bits per heavy atom. The molecular weight excluding hydrogens is 428 g/mol. The third-order valence-corrected chi connectivity index (χ3v) is 7.09. The van der Waals surface area contributed by atoms with E-state index >= 15 is 0 Å². The minimum atomic E-state index is -0.476. The smallest absolute Gasteiger partial charge is 0.0897 e. The highest BCUT2D eigenvalue weighted by Gasteiger charge is 2.46. The zero-order chi connectivity index (χ0) is 24.7. The third-order valence-electron chi connectivity index (χ3n) is 7.09. The average molecular weight is 459 g/mol. The Morgan fingerprint density at radius 1 is 0.600 bits per heavy atom. The van der Waals surface area contributed by atoms with Crippen molar-refractivity contribution in [2.75, 3.05) is 0 Å². The Bertz CT molecular complexity index is 1380. The van der Waals surface area contributed by atoms with Crippen LogP contribution in [-0.4, -0.2) is 10.2 Å². The van der Waals surface area contributed by atoms with Gasteiger partial charge >= 0.3 is 0 Å². The highest BCUT2D eigenvalue weighted by Crippen LogP contribution is 2.56. The van der Waals surface area contributed by atoms with Gasteiger partial charge < -0.3 is 10.2 Å². The number of hydrogen-bond acceptors (Lipinski definition) is 2. The molecule has 1 aliphatic rings. The molecule has 2 nitrogen and oxygen atoms in total. The summed E-state index contributed by atoms with van der Waals surface area (Å²) in [5.74, 6) is 0.594. The van der Waals surface area contributed by atoms with E-state index in [-0.39, 0.29) is 0 Å². The zero-order valence-corrected chi connectivity index (χ0v) is 20.6. The molecule has 0 aromatic heterocycles. The van der Waals surface area contributed by atoms with Gasteiger partial charge in [0.2, 0.25) is 0 Å². The molecule has 0 heterocycles. The first-order valence-electron chi connectivity index (χ1n) is 12.0. The van der Waals surface area contributed by atoms with E-state index < -0.39 is 5.41 Å². The number of aryl methyl sites for hydroxylation is 2. The molecule has 0 amide bonds. The van der Waals surface area contributed by atoms with Gasteiger partial charge in [-0.05, 0) is 95.5 Å². The lowest BCUT2D eigenvalue weighted by Crippen LogP contribution is -2.29. The number of hydrogen-bond donors (Lipinski definition) is 2. The molecule has 0 saturated heterocycles. The first-order chi connectivity index (χ1) is 16.8. The van der Waals surface area contributed by atoms with E-state index in [0.29, 0.717) is 11.5 Å². The van der Waals surface area contributed by atoms with Gasteiger partial charge in [0, 0.05) is 0 Å². The maximum absolute atomic E-state index is 9.86. The summed E-state index contributed by atoms with van der Waals surface area (Å²) in [7, 11) is 0. The summed E-state index contributed by atoms with van der Waals surface area (Å²) in [4.78, 5) is 0. The van der Waals surface area contributed by atoms with Crippen LogP contribution < -0.4 is 0 Å². The fraction of sp³-hybridized carbons (Fsp3) is 0.152. The monoisotopic (exact) mass is 458 g/mol. The summed E-state index contributed by atoms with van der Waals surface area (Å²) in [5.41, 5.74) is 11.2. The van der Waals surface area contributed by atoms with E-state index in [2.05, 4.69) is 98.8 Å². The van der Waals surface area contributed by atoms with Crippen molar-refractivity contribution in [1.29, 1.82) is 0 Å². The van der Waals surface area contributed by atoms with Crippen LogP contribution in [0.1, 0.15) is 58.4 Å². The topological polar surface area (TPSA) is 40.5 Å². The molecule has 1 aliphatic carbocycles. The zero-order valence-electron chi connectivity index (χ0n) is 20.6. The Morgan fingerprint density at radius 2 is 1.00 bits per heavy atom. The van der Waals surface area contributed by atoms with Crippen molar-refractivity contribution in [2.24, 2.45) is 0 Å². The van der Waals surface area contributed by atoms with Crippen LogP contribution >= 0.6 is 0 Å². The molecule has 0 unspecified atom stereocenters. The van der Waals surface area contributed by atoms with Crippen molar-refractivity contribution in [3.8, 4) is 11.1 Å². The van der Waals surface area contributed by atoms with E-state index in [1.807, 2.05) is 12.2 Å². The fourth-order valence-corrected chi connectivity index (χ4v) is 5.62. The molecule has 35 heavy (non-hydrogen) atoms. The predicted molar refractivity (Wildman–Crippen MR) is 146 cm³/mol. The molecule has 2 heteroatoms. The van der Waals surface area contributed by atoms with Gasteiger partial charge in [0.05, 0.1) is 16.9 Å². The van der Waals surface area contributed by atoms with Gasteiger partial charge in [-0.25, -0.2) is 0 Å². The Balaban J connectivity index is 1.87. The van der Waals surface area contributed by atoms with E-state index in [1.54, 1.807) is 13.8 Å². The van der Waals surface area contributed by atoms with Gasteiger partial charge in [0.1, 0.15) is 0 Å². The van der Waals surface area contributed by atoms with Gasteiger partial charge in [-0.2, -0.15) is 0 Å². The van der Waals surface area contributed by atoms with Crippen molar-refractivity contribution < 1.29 is 10.2 Å². The van der Waals surface area contributed by atoms with Crippen LogP contribution in [0.2, 0.25) is 0 Å². The molecular formula is C33H30O2. The third kappa shape index (κ3) is 3.66. The fourth-order valence-electron chi connectivity index (χ4n) is 5.62. The summed E-state index contributed by atoms with van der Waals surface area (Å²) in [6.07, 6.45) is 3.62. The molecule has 0 aliphatic heterocycles. The van der Waals surface area contributed by atoms with Gasteiger partial charge in [0.15, 0.2) is 0 Å². The molecule has 4 aromatic carbocycles. The van der Waals surface area contributed by atoms with Gasteiger partial charge in [-0.15, -0.1) is 0 Å². The molecule has 2 N–H and O–H groups in total. The van der Waals surface area contributed by atoms with E-state index in [0.717, 1.165) is 22.3 Å². The predicted octanol–water partition coefficient (Wildman–Crippen LogP) is 8.50. The van der Waals surface area contributed by atoms with Gasteiger partial charge in [0.25, 0.3) is 0 Å². The summed E-state index contributed by atoms with van der Waals surface area (Å²) < 4.78 is 0. The normalized spacial score (nSPS) is 14.5. The van der Waals surface area contributed by atoms with Crippen LogP contribution in [0.25, 0.3) is 23.3 Å². The van der Waals surface area contributed by atoms with Crippen LogP contribution in [-0.2, 0) is 5.41 Å². The molecule has 0 spiro atoms.